The van der Waals surface area contributed by atoms with Crippen molar-refractivity contribution in [1.29, 1.82) is 0 Å². The molecule has 0 fully saturated rings. The van der Waals surface area contributed by atoms with Crippen molar-refractivity contribution in [1.82, 2.24) is 9.97 Å². The molecule has 0 bridgehead atoms. The fourth-order valence-electron chi connectivity index (χ4n) is 1.89. The summed E-state index contributed by atoms with van der Waals surface area (Å²) in [6.45, 7) is 0.294. The average Bonchev–Trinajstić information content (AvgIpc) is 2.93. The Hall–Kier alpha value is -1.37. The summed E-state index contributed by atoms with van der Waals surface area (Å²) >= 11 is 10.9. The van der Waals surface area contributed by atoms with E-state index in [1.54, 1.807) is 23.5 Å². The predicted molar refractivity (Wildman–Crippen MR) is 90.4 cm³/mol. The van der Waals surface area contributed by atoms with Gasteiger partial charge in [0.05, 0.1) is 9.86 Å². The number of hydrogen-bond donors (Lipinski definition) is 1. The Morgan fingerprint density at radius 2 is 2.19 bits per heavy atom. The molecule has 0 amide bonds. The second-order valence-electron chi connectivity index (χ2n) is 4.24. The van der Waals surface area contributed by atoms with Crippen LogP contribution in [0.1, 0.15) is 5.82 Å². The molecule has 0 aliphatic carbocycles. The van der Waals surface area contributed by atoms with Gasteiger partial charge in [0, 0.05) is 12.1 Å². The van der Waals surface area contributed by atoms with E-state index in [4.69, 9.17) is 16.3 Å². The van der Waals surface area contributed by atoms with Gasteiger partial charge in [0.1, 0.15) is 23.0 Å². The summed E-state index contributed by atoms with van der Waals surface area (Å²) in [6, 6.07) is 7.39. The monoisotopic (exact) mass is 383 g/mol. The van der Waals surface area contributed by atoms with Crippen molar-refractivity contribution in [3.05, 3.63) is 45.0 Å². The van der Waals surface area contributed by atoms with Crippen LogP contribution in [0.2, 0.25) is 5.02 Å². The molecule has 1 N–H and O–H groups in total. The van der Waals surface area contributed by atoms with Gasteiger partial charge >= 0.3 is 0 Å². The van der Waals surface area contributed by atoms with Gasteiger partial charge in [0.15, 0.2) is 5.82 Å². The van der Waals surface area contributed by atoms with E-state index in [0.29, 0.717) is 23.2 Å². The predicted octanol–water partition coefficient (Wildman–Crippen LogP) is 4.73. The van der Waals surface area contributed by atoms with Gasteiger partial charge in [-0.1, -0.05) is 11.6 Å². The minimum Gasteiger partial charge on any atom is -0.484 e. The Balaban J connectivity index is 1.84. The molecule has 4 nitrogen and oxygen atoms in total. The molecule has 0 aliphatic rings. The number of nitrogens with zero attached hydrogens (tertiary/aromatic N) is 2. The Bertz CT molecular complexity index is 793. The van der Waals surface area contributed by atoms with E-state index < -0.39 is 0 Å². The van der Waals surface area contributed by atoms with E-state index in [1.807, 2.05) is 24.6 Å². The first-order valence-electron chi connectivity index (χ1n) is 6.17. The van der Waals surface area contributed by atoms with E-state index in [-0.39, 0.29) is 0 Å². The first kappa shape index (κ1) is 14.6. The lowest BCUT2D eigenvalue weighted by Crippen LogP contribution is -2.04. The molecule has 0 spiro atoms. The van der Waals surface area contributed by atoms with Crippen LogP contribution in [0.4, 0.5) is 5.82 Å². The molecule has 0 unspecified atom stereocenters. The SMILES string of the molecule is CNc1nc(COc2ccc(Cl)cc2Br)nc2sccc12. The van der Waals surface area contributed by atoms with Crippen molar-refractivity contribution >= 4 is 54.9 Å². The van der Waals surface area contributed by atoms with Crippen molar-refractivity contribution in [2.24, 2.45) is 0 Å². The Kier molecular flexibility index (Phi) is 4.28. The molecular weight excluding hydrogens is 374 g/mol. The van der Waals surface area contributed by atoms with E-state index in [9.17, 15) is 0 Å². The van der Waals surface area contributed by atoms with E-state index in [1.165, 1.54) is 0 Å². The van der Waals surface area contributed by atoms with Gasteiger partial charge in [0.2, 0.25) is 0 Å². The van der Waals surface area contributed by atoms with Gasteiger partial charge in [-0.25, -0.2) is 9.97 Å². The number of anilines is 1. The Morgan fingerprint density at radius 3 is 2.95 bits per heavy atom. The van der Waals surface area contributed by atoms with Gasteiger partial charge in [0.25, 0.3) is 0 Å². The van der Waals surface area contributed by atoms with Gasteiger partial charge in [-0.15, -0.1) is 11.3 Å². The third kappa shape index (κ3) is 3.12. The number of nitrogens with one attached hydrogen (secondary N) is 1. The summed E-state index contributed by atoms with van der Waals surface area (Å²) in [5.74, 6) is 2.16. The van der Waals surface area contributed by atoms with Crippen LogP contribution in [0.5, 0.6) is 5.75 Å². The molecule has 0 saturated carbocycles. The van der Waals surface area contributed by atoms with Crippen LogP contribution >= 0.6 is 38.9 Å². The van der Waals surface area contributed by atoms with Crippen LogP contribution < -0.4 is 10.1 Å². The van der Waals surface area contributed by atoms with Crippen LogP contribution in [0.25, 0.3) is 10.2 Å². The molecule has 7 heteroatoms. The van der Waals surface area contributed by atoms with Gasteiger partial charge < -0.3 is 10.1 Å². The molecule has 0 saturated heterocycles. The topological polar surface area (TPSA) is 47.0 Å². The molecule has 0 aliphatic heterocycles. The van der Waals surface area contributed by atoms with E-state index >= 15 is 0 Å². The lowest BCUT2D eigenvalue weighted by molar-refractivity contribution is 0.295. The Labute approximate surface area is 139 Å². The summed E-state index contributed by atoms with van der Waals surface area (Å²) in [5, 5.41) is 6.77. The molecule has 2 aromatic heterocycles. The van der Waals surface area contributed by atoms with Crippen molar-refractivity contribution in [2.45, 2.75) is 6.61 Å². The summed E-state index contributed by atoms with van der Waals surface area (Å²) in [6.07, 6.45) is 0. The highest BCUT2D eigenvalue weighted by atomic mass is 79.9. The number of benzene rings is 1. The zero-order valence-corrected chi connectivity index (χ0v) is 14.2. The zero-order chi connectivity index (χ0) is 14.8. The molecule has 0 radical (unpaired) electrons. The molecule has 21 heavy (non-hydrogen) atoms. The lowest BCUT2D eigenvalue weighted by Gasteiger charge is -2.09. The number of halogens is 2. The molecule has 0 atom stereocenters. The van der Waals surface area contributed by atoms with Crippen molar-refractivity contribution < 1.29 is 4.74 Å². The summed E-state index contributed by atoms with van der Waals surface area (Å²) < 4.78 is 6.56. The minimum absolute atomic E-state index is 0.294. The van der Waals surface area contributed by atoms with Crippen LogP contribution in [0.3, 0.4) is 0 Å². The number of ether oxygens (including phenoxy) is 1. The summed E-state index contributed by atoms with van der Waals surface area (Å²) in [7, 11) is 1.85. The van der Waals surface area contributed by atoms with E-state index in [2.05, 4.69) is 31.2 Å². The number of fused-ring (bicyclic) bond motifs is 1. The van der Waals surface area contributed by atoms with Gasteiger partial charge in [-0.3, -0.25) is 0 Å². The molecule has 108 valence electrons. The largest absolute Gasteiger partial charge is 0.484 e. The van der Waals surface area contributed by atoms with Gasteiger partial charge in [-0.2, -0.15) is 0 Å². The third-order valence-corrected chi connectivity index (χ3v) is 4.52. The van der Waals surface area contributed by atoms with Crippen molar-refractivity contribution in [2.75, 3.05) is 12.4 Å². The summed E-state index contributed by atoms with van der Waals surface area (Å²) in [4.78, 5) is 9.93. The highest BCUT2D eigenvalue weighted by molar-refractivity contribution is 9.10. The maximum Gasteiger partial charge on any atom is 0.169 e. The highest BCUT2D eigenvalue weighted by Crippen LogP contribution is 2.29. The van der Waals surface area contributed by atoms with Gasteiger partial charge in [-0.05, 0) is 45.6 Å². The zero-order valence-electron chi connectivity index (χ0n) is 11.1. The third-order valence-electron chi connectivity index (χ3n) is 2.86. The average molecular weight is 385 g/mol. The smallest absolute Gasteiger partial charge is 0.169 e. The number of hydrogen-bond acceptors (Lipinski definition) is 5. The van der Waals surface area contributed by atoms with Crippen LogP contribution in [0, 0.1) is 0 Å². The molecular formula is C14H11BrClN3OS. The maximum atomic E-state index is 5.91. The van der Waals surface area contributed by atoms with E-state index in [0.717, 1.165) is 20.5 Å². The number of aromatic nitrogens is 2. The molecule has 3 rings (SSSR count). The Morgan fingerprint density at radius 1 is 1.33 bits per heavy atom. The second-order valence-corrected chi connectivity index (χ2v) is 6.43. The minimum atomic E-state index is 0.294. The van der Waals surface area contributed by atoms with Crippen LogP contribution in [0.15, 0.2) is 34.1 Å². The standard InChI is InChI=1S/C14H11BrClN3OS/c1-17-13-9-4-5-21-14(9)19-12(18-13)7-20-11-3-2-8(16)6-10(11)15/h2-6H,7H2,1H3,(H,17,18,19). The lowest BCUT2D eigenvalue weighted by atomic mass is 10.3. The quantitative estimate of drug-likeness (QED) is 0.706. The summed E-state index contributed by atoms with van der Waals surface area (Å²) in [5.41, 5.74) is 0. The molecule has 2 heterocycles. The fraction of sp³-hybridized carbons (Fsp3) is 0.143. The second kappa shape index (κ2) is 6.17. The first-order valence-corrected chi connectivity index (χ1v) is 8.22. The van der Waals surface area contributed by atoms with Crippen LogP contribution in [-0.4, -0.2) is 17.0 Å². The fourth-order valence-corrected chi connectivity index (χ4v) is 3.47. The molecule has 3 aromatic rings. The van der Waals surface area contributed by atoms with Crippen molar-refractivity contribution in [3.8, 4) is 5.75 Å². The number of rotatable bonds is 4. The first-order chi connectivity index (χ1) is 10.2. The highest BCUT2D eigenvalue weighted by Gasteiger charge is 2.09. The number of thiophene rings is 1. The normalized spacial score (nSPS) is 10.8. The van der Waals surface area contributed by atoms with Crippen molar-refractivity contribution in [3.63, 3.8) is 0 Å². The maximum absolute atomic E-state index is 5.91. The molecule has 1 aromatic carbocycles. The van der Waals surface area contributed by atoms with Crippen LogP contribution in [-0.2, 0) is 6.61 Å².